The van der Waals surface area contributed by atoms with E-state index in [4.69, 9.17) is 9.47 Å². The van der Waals surface area contributed by atoms with Gasteiger partial charge in [0.2, 0.25) is 5.91 Å². The Labute approximate surface area is 135 Å². The maximum absolute atomic E-state index is 11.4. The summed E-state index contributed by atoms with van der Waals surface area (Å²) >= 11 is 1.78. The van der Waals surface area contributed by atoms with Gasteiger partial charge >= 0.3 is 0 Å². The second kappa shape index (κ2) is 19.7. The predicted molar refractivity (Wildman–Crippen MR) is 93.1 cm³/mol. The summed E-state index contributed by atoms with van der Waals surface area (Å²) < 4.78 is 10.8. The number of carbonyl (C=O) groups excluding carboxylic acids is 1. The molecule has 0 unspecified atom stereocenters. The van der Waals surface area contributed by atoms with Crippen LogP contribution in [0.15, 0.2) is 0 Å². The van der Waals surface area contributed by atoms with Crippen molar-refractivity contribution in [3.8, 4) is 0 Å². The first-order chi connectivity index (χ1) is 10.2. The third kappa shape index (κ3) is 22.2. The first-order valence-electron chi connectivity index (χ1n) is 8.16. The highest BCUT2D eigenvalue weighted by molar-refractivity contribution is 7.99. The van der Waals surface area contributed by atoms with Crippen molar-refractivity contribution >= 4 is 17.7 Å². The Morgan fingerprint density at radius 1 is 1.10 bits per heavy atom. The number of hydrogen-bond donors (Lipinski definition) is 1. The number of carbonyl (C=O) groups is 1. The van der Waals surface area contributed by atoms with Crippen LogP contribution in [0.25, 0.3) is 0 Å². The molecule has 0 bridgehead atoms. The smallest absolute Gasteiger partial charge is 0.220 e. The van der Waals surface area contributed by atoms with Gasteiger partial charge in [0, 0.05) is 25.3 Å². The molecular formula is C16H35NO3S. The number of ether oxygens (including phenoxy) is 2. The van der Waals surface area contributed by atoms with Crippen LogP contribution < -0.4 is 5.32 Å². The van der Waals surface area contributed by atoms with Crippen LogP contribution in [-0.4, -0.2) is 50.4 Å². The van der Waals surface area contributed by atoms with Gasteiger partial charge in [0.25, 0.3) is 0 Å². The lowest BCUT2D eigenvalue weighted by Crippen LogP contribution is -2.27. The zero-order chi connectivity index (χ0) is 16.3. The molecule has 0 radical (unpaired) electrons. The van der Waals surface area contributed by atoms with Crippen molar-refractivity contribution in [1.29, 1.82) is 0 Å². The Bertz CT molecular complexity index is 214. The van der Waals surface area contributed by atoms with Gasteiger partial charge in [-0.2, -0.15) is 11.8 Å². The third-order valence-electron chi connectivity index (χ3n) is 2.46. The molecule has 0 saturated heterocycles. The number of amides is 1. The van der Waals surface area contributed by atoms with Gasteiger partial charge in [-0.3, -0.25) is 4.79 Å². The lowest BCUT2D eigenvalue weighted by molar-refractivity contribution is -0.120. The summed E-state index contributed by atoms with van der Waals surface area (Å²) in [5, 5.41) is 2.84. The first-order valence-corrected chi connectivity index (χ1v) is 9.32. The molecule has 1 amide bonds. The third-order valence-corrected chi connectivity index (χ3v) is 3.36. The van der Waals surface area contributed by atoms with Gasteiger partial charge in [0.05, 0.1) is 19.8 Å². The molecule has 0 aromatic rings. The molecule has 0 spiro atoms. The Hall–Kier alpha value is -0.260. The lowest BCUT2D eigenvalue weighted by atomic mass is 10.1. The van der Waals surface area contributed by atoms with E-state index in [0.717, 1.165) is 24.5 Å². The molecule has 0 aliphatic rings. The van der Waals surface area contributed by atoms with E-state index in [9.17, 15) is 4.79 Å². The van der Waals surface area contributed by atoms with Crippen LogP contribution in [0.3, 0.4) is 0 Å². The van der Waals surface area contributed by atoms with E-state index in [-0.39, 0.29) is 5.91 Å². The molecule has 0 aliphatic heterocycles. The summed E-state index contributed by atoms with van der Waals surface area (Å²) in [4.78, 5) is 11.4. The van der Waals surface area contributed by atoms with Crippen molar-refractivity contribution in [3.63, 3.8) is 0 Å². The number of hydrogen-bond acceptors (Lipinski definition) is 4. The van der Waals surface area contributed by atoms with Crippen LogP contribution in [0.4, 0.5) is 0 Å². The van der Waals surface area contributed by atoms with Crippen molar-refractivity contribution in [2.24, 2.45) is 5.92 Å². The highest BCUT2D eigenvalue weighted by Gasteiger charge is 1.99. The molecule has 0 fully saturated rings. The highest BCUT2D eigenvalue weighted by atomic mass is 32.2. The van der Waals surface area contributed by atoms with Crippen molar-refractivity contribution in [1.82, 2.24) is 5.32 Å². The number of rotatable bonds is 13. The number of thioether (sulfide) groups is 1. The highest BCUT2D eigenvalue weighted by Crippen LogP contribution is 2.00. The summed E-state index contributed by atoms with van der Waals surface area (Å²) in [7, 11) is 0. The molecule has 4 nitrogen and oxygen atoms in total. The molecular weight excluding hydrogens is 286 g/mol. The van der Waals surface area contributed by atoms with E-state index < -0.39 is 0 Å². The quantitative estimate of drug-likeness (QED) is 0.529. The average Bonchev–Trinajstić information content (AvgIpc) is 2.47. The Kier molecular flexibility index (Phi) is 21.6. The Balaban J connectivity index is 0. The minimum absolute atomic E-state index is 0.109. The largest absolute Gasteiger partial charge is 0.379 e. The van der Waals surface area contributed by atoms with E-state index >= 15 is 0 Å². The van der Waals surface area contributed by atoms with Gasteiger partial charge in [-0.15, -0.1) is 0 Å². The van der Waals surface area contributed by atoms with E-state index in [1.54, 1.807) is 11.8 Å². The van der Waals surface area contributed by atoms with Crippen LogP contribution in [0.1, 0.15) is 47.5 Å². The van der Waals surface area contributed by atoms with Gasteiger partial charge in [-0.25, -0.2) is 0 Å². The van der Waals surface area contributed by atoms with Gasteiger partial charge in [-0.05, 0) is 18.1 Å². The molecule has 0 aliphatic carbocycles. The summed E-state index contributed by atoms with van der Waals surface area (Å²) in [5.41, 5.74) is 0. The topological polar surface area (TPSA) is 47.6 Å². The second-order valence-corrected chi connectivity index (χ2v) is 6.10. The maximum atomic E-state index is 11.4. The summed E-state index contributed by atoms with van der Waals surface area (Å²) in [6.07, 6.45) is 1.68. The van der Waals surface area contributed by atoms with Crippen LogP contribution in [0.5, 0.6) is 0 Å². The normalized spacial score (nSPS) is 10.2. The lowest BCUT2D eigenvalue weighted by Gasteiger charge is -2.08. The fourth-order valence-electron chi connectivity index (χ4n) is 1.30. The van der Waals surface area contributed by atoms with Gasteiger partial charge in [0.1, 0.15) is 0 Å². The molecule has 0 aromatic heterocycles. The predicted octanol–water partition coefficient (Wildman–Crippen LogP) is 3.35. The van der Waals surface area contributed by atoms with Crippen molar-refractivity contribution < 1.29 is 14.3 Å². The van der Waals surface area contributed by atoms with E-state index in [2.05, 4.69) is 26.1 Å². The van der Waals surface area contributed by atoms with Gasteiger partial charge in [0.15, 0.2) is 0 Å². The van der Waals surface area contributed by atoms with E-state index in [0.29, 0.717) is 38.7 Å². The fraction of sp³-hybridized carbons (Fsp3) is 0.938. The van der Waals surface area contributed by atoms with Gasteiger partial charge < -0.3 is 14.8 Å². The molecule has 0 atom stereocenters. The molecule has 5 heteroatoms. The zero-order valence-electron chi connectivity index (χ0n) is 14.6. The monoisotopic (exact) mass is 321 g/mol. The summed E-state index contributed by atoms with van der Waals surface area (Å²) in [5.74, 6) is 2.75. The molecule has 0 saturated carbocycles. The van der Waals surface area contributed by atoms with Crippen molar-refractivity contribution in [2.75, 3.05) is 44.5 Å². The minimum atomic E-state index is 0.109. The van der Waals surface area contributed by atoms with Gasteiger partial charge in [-0.1, -0.05) is 34.6 Å². The first kappa shape index (κ1) is 23.0. The standard InChI is InChI=1S/C14H29NO3S.C2H6/c1-4-19-12-6-14(16)15-7-9-18-11-10-17-8-5-13(2)3;1-2/h13H,4-12H2,1-3H3,(H,15,16);1-2H3. The van der Waals surface area contributed by atoms with Crippen LogP contribution >= 0.6 is 11.8 Å². The molecule has 0 heterocycles. The van der Waals surface area contributed by atoms with Crippen LogP contribution in [-0.2, 0) is 14.3 Å². The van der Waals surface area contributed by atoms with E-state index in [1.165, 1.54) is 0 Å². The SMILES string of the molecule is CC.CCSCCC(=O)NCCOCCOCCC(C)C. The molecule has 0 aromatic carbocycles. The molecule has 0 rings (SSSR count). The molecule has 1 N–H and O–H groups in total. The molecule has 21 heavy (non-hydrogen) atoms. The van der Waals surface area contributed by atoms with Crippen molar-refractivity contribution in [2.45, 2.75) is 47.5 Å². The fourth-order valence-corrected chi connectivity index (χ4v) is 1.92. The second-order valence-electron chi connectivity index (χ2n) is 4.70. The Morgan fingerprint density at radius 2 is 1.71 bits per heavy atom. The zero-order valence-corrected chi connectivity index (χ0v) is 15.4. The summed E-state index contributed by atoms with van der Waals surface area (Å²) in [6.45, 7) is 13.6. The number of nitrogens with one attached hydrogen (secondary N) is 1. The van der Waals surface area contributed by atoms with Crippen molar-refractivity contribution in [3.05, 3.63) is 0 Å². The van der Waals surface area contributed by atoms with Crippen LogP contribution in [0, 0.1) is 5.92 Å². The average molecular weight is 322 g/mol. The Morgan fingerprint density at radius 3 is 2.29 bits per heavy atom. The maximum Gasteiger partial charge on any atom is 0.220 e. The van der Waals surface area contributed by atoms with E-state index in [1.807, 2.05) is 13.8 Å². The summed E-state index contributed by atoms with van der Waals surface area (Å²) in [6, 6.07) is 0. The minimum Gasteiger partial charge on any atom is -0.379 e. The molecule has 128 valence electrons. The van der Waals surface area contributed by atoms with Crippen LogP contribution in [0.2, 0.25) is 0 Å².